The fraction of sp³-hybridized carbons (Fsp3) is 0.278. The maximum Gasteiger partial charge on any atom is 0.311 e. The van der Waals surface area contributed by atoms with Crippen molar-refractivity contribution in [1.29, 1.82) is 0 Å². The summed E-state index contributed by atoms with van der Waals surface area (Å²) in [6.45, 7) is 1.91. The molecule has 0 amide bonds. The summed E-state index contributed by atoms with van der Waals surface area (Å²) < 4.78 is 16.5. The summed E-state index contributed by atoms with van der Waals surface area (Å²) >= 11 is 0. The van der Waals surface area contributed by atoms with Crippen LogP contribution in [0.3, 0.4) is 0 Å². The molecule has 4 heteroatoms. The van der Waals surface area contributed by atoms with Gasteiger partial charge in [0.15, 0.2) is 17.1 Å². The van der Waals surface area contributed by atoms with Crippen LogP contribution < -0.4 is 9.47 Å². The fourth-order valence-corrected chi connectivity index (χ4v) is 2.96. The lowest BCUT2D eigenvalue weighted by Crippen LogP contribution is -2.36. The SMILES string of the molecule is COc1cc2c(cc1OC)[C@](C)(c1ccccc1)OC(=O)C2. The number of methoxy groups -OCH3 is 2. The number of ether oxygens (including phenoxy) is 3. The Morgan fingerprint density at radius 1 is 1.05 bits per heavy atom. The highest BCUT2D eigenvalue weighted by molar-refractivity contribution is 5.77. The third-order valence-electron chi connectivity index (χ3n) is 4.10. The van der Waals surface area contributed by atoms with E-state index >= 15 is 0 Å². The summed E-state index contributed by atoms with van der Waals surface area (Å²) in [5.74, 6) is 0.999. The van der Waals surface area contributed by atoms with Gasteiger partial charge in [-0.1, -0.05) is 30.3 Å². The van der Waals surface area contributed by atoms with Gasteiger partial charge < -0.3 is 14.2 Å². The maximum atomic E-state index is 12.1. The van der Waals surface area contributed by atoms with Gasteiger partial charge in [0.25, 0.3) is 0 Å². The van der Waals surface area contributed by atoms with Gasteiger partial charge in [-0.05, 0) is 30.2 Å². The Hall–Kier alpha value is -2.49. The van der Waals surface area contributed by atoms with Crippen molar-refractivity contribution in [2.24, 2.45) is 0 Å². The summed E-state index contributed by atoms with van der Waals surface area (Å²) in [4.78, 5) is 12.1. The third-order valence-corrected chi connectivity index (χ3v) is 4.10. The van der Waals surface area contributed by atoms with Crippen molar-refractivity contribution < 1.29 is 19.0 Å². The van der Waals surface area contributed by atoms with E-state index in [-0.39, 0.29) is 12.4 Å². The number of carbonyl (C=O) groups is 1. The molecular weight excluding hydrogens is 280 g/mol. The van der Waals surface area contributed by atoms with Crippen molar-refractivity contribution in [3.63, 3.8) is 0 Å². The van der Waals surface area contributed by atoms with Crippen molar-refractivity contribution in [2.45, 2.75) is 18.9 Å². The van der Waals surface area contributed by atoms with Crippen LogP contribution in [0.25, 0.3) is 0 Å². The number of esters is 1. The van der Waals surface area contributed by atoms with Crippen molar-refractivity contribution in [3.05, 3.63) is 59.2 Å². The molecule has 0 aliphatic carbocycles. The molecule has 114 valence electrons. The van der Waals surface area contributed by atoms with Crippen LogP contribution in [0.5, 0.6) is 11.5 Å². The average Bonchev–Trinajstić information content (AvgIpc) is 2.54. The molecule has 0 saturated carbocycles. The van der Waals surface area contributed by atoms with Crippen molar-refractivity contribution >= 4 is 5.97 Å². The van der Waals surface area contributed by atoms with Crippen molar-refractivity contribution in [2.75, 3.05) is 14.2 Å². The molecule has 22 heavy (non-hydrogen) atoms. The van der Waals surface area contributed by atoms with Gasteiger partial charge in [-0.15, -0.1) is 0 Å². The minimum Gasteiger partial charge on any atom is -0.493 e. The van der Waals surface area contributed by atoms with Crippen molar-refractivity contribution in [1.82, 2.24) is 0 Å². The normalized spacial score (nSPS) is 20.0. The predicted octanol–water partition coefficient (Wildman–Crippen LogP) is 3.07. The Bertz CT molecular complexity index is 709. The first-order chi connectivity index (χ1) is 10.6. The zero-order valence-corrected chi connectivity index (χ0v) is 12.9. The van der Waals surface area contributed by atoms with Crippen LogP contribution in [0.2, 0.25) is 0 Å². The molecule has 0 radical (unpaired) electrons. The molecule has 1 atom stereocenters. The Labute approximate surface area is 129 Å². The number of rotatable bonds is 3. The zero-order valence-electron chi connectivity index (χ0n) is 12.9. The molecule has 0 saturated heterocycles. The molecule has 0 aromatic heterocycles. The Morgan fingerprint density at radius 2 is 1.68 bits per heavy atom. The Kier molecular flexibility index (Phi) is 3.53. The second kappa shape index (κ2) is 5.37. The number of benzene rings is 2. The molecular formula is C18H18O4. The van der Waals surface area contributed by atoms with Crippen LogP contribution in [0.15, 0.2) is 42.5 Å². The molecule has 0 unspecified atom stereocenters. The van der Waals surface area contributed by atoms with Gasteiger partial charge in [-0.2, -0.15) is 0 Å². The monoisotopic (exact) mass is 298 g/mol. The van der Waals surface area contributed by atoms with E-state index in [0.29, 0.717) is 11.5 Å². The van der Waals surface area contributed by atoms with Gasteiger partial charge in [-0.25, -0.2) is 0 Å². The topological polar surface area (TPSA) is 44.8 Å². The number of fused-ring (bicyclic) bond motifs is 1. The number of cyclic esters (lactones) is 1. The Morgan fingerprint density at radius 3 is 2.32 bits per heavy atom. The second-order valence-electron chi connectivity index (χ2n) is 5.41. The molecule has 0 bridgehead atoms. The third kappa shape index (κ3) is 2.21. The smallest absolute Gasteiger partial charge is 0.311 e. The van der Waals surface area contributed by atoms with Crippen LogP contribution in [0.1, 0.15) is 23.6 Å². The van der Waals surface area contributed by atoms with Gasteiger partial charge >= 0.3 is 5.97 Å². The van der Waals surface area contributed by atoms with E-state index < -0.39 is 5.60 Å². The van der Waals surface area contributed by atoms with E-state index in [0.717, 1.165) is 16.7 Å². The molecule has 3 rings (SSSR count). The highest BCUT2D eigenvalue weighted by Crippen LogP contribution is 2.43. The summed E-state index contributed by atoms with van der Waals surface area (Å²) in [6, 6.07) is 13.5. The van der Waals surface area contributed by atoms with Gasteiger partial charge in [0.1, 0.15) is 0 Å². The van der Waals surface area contributed by atoms with Gasteiger partial charge in [0, 0.05) is 5.56 Å². The average molecular weight is 298 g/mol. The molecule has 1 heterocycles. The van der Waals surface area contributed by atoms with E-state index in [2.05, 4.69) is 0 Å². The minimum absolute atomic E-state index is 0.234. The van der Waals surface area contributed by atoms with Crippen molar-refractivity contribution in [3.8, 4) is 11.5 Å². The molecule has 4 nitrogen and oxygen atoms in total. The Balaban J connectivity index is 2.22. The maximum absolute atomic E-state index is 12.1. The zero-order chi connectivity index (χ0) is 15.7. The predicted molar refractivity (Wildman–Crippen MR) is 82.2 cm³/mol. The first kappa shape index (κ1) is 14.4. The summed E-state index contributed by atoms with van der Waals surface area (Å²) in [6.07, 6.45) is 0.234. The number of carbonyl (C=O) groups excluding carboxylic acids is 1. The fourth-order valence-electron chi connectivity index (χ4n) is 2.96. The van der Waals surface area contributed by atoms with E-state index in [1.54, 1.807) is 14.2 Å². The number of hydrogen-bond acceptors (Lipinski definition) is 4. The minimum atomic E-state index is -0.828. The largest absolute Gasteiger partial charge is 0.493 e. The molecule has 1 aliphatic heterocycles. The van der Waals surface area contributed by atoms with E-state index in [1.165, 1.54) is 0 Å². The van der Waals surface area contributed by atoms with Crippen LogP contribution in [0, 0.1) is 0 Å². The lowest BCUT2D eigenvalue weighted by Gasteiger charge is -2.36. The highest BCUT2D eigenvalue weighted by Gasteiger charge is 2.40. The molecule has 0 spiro atoms. The van der Waals surface area contributed by atoms with Gasteiger partial charge in [-0.3, -0.25) is 4.79 Å². The lowest BCUT2D eigenvalue weighted by molar-refractivity contribution is -0.156. The molecule has 2 aromatic carbocycles. The summed E-state index contributed by atoms with van der Waals surface area (Å²) in [5, 5.41) is 0. The number of hydrogen-bond donors (Lipinski definition) is 0. The molecule has 2 aromatic rings. The summed E-state index contributed by atoms with van der Waals surface area (Å²) in [5.41, 5.74) is 1.93. The second-order valence-corrected chi connectivity index (χ2v) is 5.41. The van der Waals surface area contributed by atoms with E-state index in [1.807, 2.05) is 49.4 Å². The first-order valence-corrected chi connectivity index (χ1v) is 7.11. The highest BCUT2D eigenvalue weighted by atomic mass is 16.6. The lowest BCUT2D eigenvalue weighted by atomic mass is 9.82. The first-order valence-electron chi connectivity index (χ1n) is 7.11. The van der Waals surface area contributed by atoms with Gasteiger partial charge in [0.05, 0.1) is 20.6 Å². The van der Waals surface area contributed by atoms with Crippen LogP contribution in [-0.2, 0) is 21.6 Å². The quantitative estimate of drug-likeness (QED) is 0.817. The van der Waals surface area contributed by atoms with Gasteiger partial charge in [0.2, 0.25) is 0 Å². The van der Waals surface area contributed by atoms with Crippen LogP contribution in [0.4, 0.5) is 0 Å². The molecule has 0 N–H and O–H groups in total. The summed E-state index contributed by atoms with van der Waals surface area (Å²) in [7, 11) is 3.18. The molecule has 1 aliphatic rings. The van der Waals surface area contributed by atoms with Crippen LogP contribution in [-0.4, -0.2) is 20.2 Å². The molecule has 0 fully saturated rings. The van der Waals surface area contributed by atoms with E-state index in [4.69, 9.17) is 14.2 Å². The standard InChI is InChI=1S/C18H18O4/c1-18(13-7-5-4-6-8-13)14-11-16(21-3)15(20-2)9-12(14)10-17(19)22-18/h4-9,11H,10H2,1-3H3/t18-/m0/s1. The van der Waals surface area contributed by atoms with Crippen LogP contribution >= 0.6 is 0 Å². The van der Waals surface area contributed by atoms with E-state index in [9.17, 15) is 4.79 Å².